The zero-order valence-electron chi connectivity index (χ0n) is 30.6. The number of thioether (sulfide) groups is 1. The molecule has 0 aromatic rings. The second kappa shape index (κ2) is 20.9. The monoisotopic (exact) mass is 731 g/mol. The van der Waals surface area contributed by atoms with Gasteiger partial charge in [-0.1, -0.05) is 32.6 Å². The van der Waals surface area contributed by atoms with Gasteiger partial charge in [0.05, 0.1) is 12.6 Å². The first-order chi connectivity index (χ1) is 23.6. The van der Waals surface area contributed by atoms with E-state index in [-0.39, 0.29) is 24.2 Å². The maximum Gasteiger partial charge on any atom is 0.414 e. The second-order valence-electron chi connectivity index (χ2n) is 12.9. The van der Waals surface area contributed by atoms with E-state index < -0.39 is 45.7 Å². The Morgan fingerprint density at radius 1 is 1.16 bits per heavy atom. The van der Waals surface area contributed by atoms with Gasteiger partial charge in [0.2, 0.25) is 15.9 Å². The van der Waals surface area contributed by atoms with E-state index >= 15 is 0 Å². The molecule has 12 nitrogen and oxygen atoms in total. The number of likely N-dealkylation sites (N-methyl/N-ethyl adjacent to an activating group) is 1. The Morgan fingerprint density at radius 3 is 2.54 bits per heavy atom. The minimum absolute atomic E-state index is 0.0957. The quantitative estimate of drug-likeness (QED) is 0.166. The lowest BCUT2D eigenvalue weighted by molar-refractivity contribution is -0.159. The van der Waals surface area contributed by atoms with Crippen LogP contribution >= 0.6 is 11.8 Å². The summed E-state index contributed by atoms with van der Waals surface area (Å²) in [5.41, 5.74) is 2.56. The molecule has 1 fully saturated rings. The fraction of sp³-hybridized carbons (Fsp3) is 0.583. The van der Waals surface area contributed by atoms with Gasteiger partial charge in [-0.25, -0.2) is 18.0 Å². The maximum absolute atomic E-state index is 13.5. The van der Waals surface area contributed by atoms with Crippen LogP contribution in [0, 0.1) is 11.8 Å². The first-order valence-electron chi connectivity index (χ1n) is 16.8. The lowest BCUT2D eigenvalue weighted by Gasteiger charge is -2.29. The van der Waals surface area contributed by atoms with Crippen molar-refractivity contribution in [2.75, 3.05) is 39.5 Å². The summed E-state index contributed by atoms with van der Waals surface area (Å²) in [7, 11) is -2.77. The number of hydrogen-bond acceptors (Lipinski definition) is 10. The highest BCUT2D eigenvalue weighted by atomic mass is 32.2. The predicted molar refractivity (Wildman–Crippen MR) is 200 cm³/mol. The largest absolute Gasteiger partial charge is 0.458 e. The van der Waals surface area contributed by atoms with Crippen LogP contribution in [0.3, 0.4) is 0 Å². The van der Waals surface area contributed by atoms with E-state index in [1.54, 1.807) is 44.7 Å². The molecule has 0 aromatic carbocycles. The van der Waals surface area contributed by atoms with Crippen molar-refractivity contribution in [3.05, 3.63) is 52.5 Å². The Kier molecular flexibility index (Phi) is 17.8. The van der Waals surface area contributed by atoms with E-state index in [1.165, 1.54) is 31.6 Å². The first-order valence-corrected chi connectivity index (χ1v) is 19.6. The van der Waals surface area contributed by atoms with Crippen LogP contribution in [0.2, 0.25) is 0 Å². The third kappa shape index (κ3) is 14.7. The molecule has 276 valence electrons. The van der Waals surface area contributed by atoms with Gasteiger partial charge < -0.3 is 25.0 Å². The van der Waals surface area contributed by atoms with Crippen LogP contribution in [0.15, 0.2) is 57.5 Å². The zero-order chi connectivity index (χ0) is 37.3. The Hall–Kier alpha value is -3.60. The Balaban J connectivity index is 0.00000161. The van der Waals surface area contributed by atoms with E-state index in [0.717, 1.165) is 22.5 Å². The van der Waals surface area contributed by atoms with Gasteiger partial charge in [-0.15, -0.1) is 5.73 Å². The molecular formula is C36H53N5O7S2. The molecule has 50 heavy (non-hydrogen) atoms. The Morgan fingerprint density at radius 2 is 1.88 bits per heavy atom. The number of nitrogens with one attached hydrogen (secondary N) is 2. The molecule has 1 aliphatic carbocycles. The van der Waals surface area contributed by atoms with Crippen LogP contribution in [-0.4, -0.2) is 104 Å². The fourth-order valence-electron chi connectivity index (χ4n) is 4.61. The fourth-order valence-corrected chi connectivity index (χ4v) is 5.96. The van der Waals surface area contributed by atoms with Crippen LogP contribution in [-0.2, 0) is 29.1 Å². The molecule has 0 unspecified atom stereocenters. The van der Waals surface area contributed by atoms with E-state index in [9.17, 15) is 22.8 Å². The van der Waals surface area contributed by atoms with E-state index in [4.69, 9.17) is 9.47 Å². The minimum Gasteiger partial charge on any atom is -0.458 e. The van der Waals surface area contributed by atoms with Gasteiger partial charge in [-0.3, -0.25) is 9.79 Å². The molecule has 0 spiro atoms. The number of carbonyl (C=O) groups excluding carboxylic acids is 3. The van der Waals surface area contributed by atoms with Gasteiger partial charge in [-0.05, 0) is 88.8 Å². The van der Waals surface area contributed by atoms with E-state index in [1.807, 2.05) is 11.8 Å². The smallest absolute Gasteiger partial charge is 0.414 e. The summed E-state index contributed by atoms with van der Waals surface area (Å²) in [5, 5.41) is 6.77. The van der Waals surface area contributed by atoms with Crippen molar-refractivity contribution in [3.8, 4) is 11.8 Å². The summed E-state index contributed by atoms with van der Waals surface area (Å²) in [6, 6.07) is -2.18. The second-order valence-corrected chi connectivity index (χ2v) is 16.3. The molecule has 2 N–H and O–H groups in total. The highest BCUT2D eigenvalue weighted by molar-refractivity contribution is 7.99. The van der Waals surface area contributed by atoms with Gasteiger partial charge in [0.15, 0.2) is 0 Å². The highest BCUT2D eigenvalue weighted by Gasteiger charge is 2.35. The van der Waals surface area contributed by atoms with Crippen molar-refractivity contribution in [2.24, 2.45) is 4.99 Å². The summed E-state index contributed by atoms with van der Waals surface area (Å²) < 4.78 is 38.7. The minimum atomic E-state index is -4.08. The van der Waals surface area contributed by atoms with Gasteiger partial charge >= 0.3 is 12.1 Å². The van der Waals surface area contributed by atoms with E-state index in [0.29, 0.717) is 37.4 Å². The number of carbonyl (C=O) groups is 3. The Labute approximate surface area is 302 Å². The molecule has 2 heterocycles. The van der Waals surface area contributed by atoms with Gasteiger partial charge in [-0.2, -0.15) is 16.1 Å². The van der Waals surface area contributed by atoms with Crippen molar-refractivity contribution in [2.45, 2.75) is 96.6 Å². The van der Waals surface area contributed by atoms with Crippen LogP contribution in [0.25, 0.3) is 0 Å². The Bertz CT molecular complexity index is 1550. The van der Waals surface area contributed by atoms with Gasteiger partial charge in [0.25, 0.3) is 0 Å². The zero-order valence-corrected chi connectivity index (χ0v) is 32.2. The maximum atomic E-state index is 13.5. The number of esters is 1. The van der Waals surface area contributed by atoms with Crippen LogP contribution < -0.4 is 10.6 Å². The molecule has 3 aliphatic rings. The third-order valence-electron chi connectivity index (χ3n) is 7.48. The number of sulfonamides is 1. The molecule has 3 rings (SSSR count). The predicted octanol–water partition coefficient (Wildman–Crippen LogP) is 4.68. The lowest BCUT2D eigenvalue weighted by Crippen LogP contribution is -2.53. The summed E-state index contributed by atoms with van der Waals surface area (Å²) in [6.45, 7) is 14.0. The number of amides is 2. The molecule has 0 bridgehead atoms. The molecule has 0 saturated carbocycles. The molecule has 2 atom stereocenters. The molecule has 0 aromatic heterocycles. The van der Waals surface area contributed by atoms with Gasteiger partial charge in [0, 0.05) is 38.5 Å². The number of hydrogen-bond donors (Lipinski definition) is 2. The number of allylic oxidation sites excluding steroid dienone is 7. The van der Waals surface area contributed by atoms with Crippen molar-refractivity contribution >= 4 is 46.0 Å². The van der Waals surface area contributed by atoms with Crippen LogP contribution in [0.1, 0.15) is 73.6 Å². The average Bonchev–Trinajstić information content (AvgIpc) is 3.59. The molecule has 1 saturated heterocycles. The standard InChI is InChI=1S/C32H43N5O7S.C4H10S/c1-6-28(36(5)45(41,42)26-13-7-8-18-34-23-26)29(38)35-27(30(39)44-32(2,3)4)17-15-24-11-9-12-25(16-14-24)43-31(40)37-21-10-19-33-20-22-37;1-4(2)5-3/h7,13-14,16,18,23,27-28,33H,6,10,12,15,17,19-22H2,1-5H3,(H,35,38);4H,1-3H3/t27-,28-;/m0./s1. The summed E-state index contributed by atoms with van der Waals surface area (Å²) in [5.74, 6) is 5.18. The van der Waals surface area contributed by atoms with Crippen LogP contribution in [0.5, 0.6) is 0 Å². The number of ether oxygens (including phenoxy) is 2. The number of aliphatic imine (C=N–C) groups is 1. The summed E-state index contributed by atoms with van der Waals surface area (Å²) in [4.78, 5) is 44.8. The SMILES string of the molecule is CC[C@@H](C(=O)N[C@@H](CCC1=CC=C(OC(=O)N2CCCNCC2)CC#C1)C(=O)OC(C)(C)C)N(C)S(=O)(=O)C1=CC=C=CN=C1.CSC(C)C. The lowest BCUT2D eigenvalue weighted by atomic mass is 10.0. The van der Waals surface area contributed by atoms with Crippen LogP contribution in [0.4, 0.5) is 4.79 Å². The molecule has 2 amide bonds. The summed E-state index contributed by atoms with van der Waals surface area (Å²) in [6.07, 6.45) is 12.1. The van der Waals surface area contributed by atoms with Crippen molar-refractivity contribution in [1.82, 2.24) is 19.8 Å². The summed E-state index contributed by atoms with van der Waals surface area (Å²) >= 11 is 1.88. The van der Waals surface area contributed by atoms with Crippen molar-refractivity contribution < 1.29 is 32.3 Å². The van der Waals surface area contributed by atoms with E-state index in [2.05, 4.69) is 53.3 Å². The van der Waals surface area contributed by atoms with Crippen molar-refractivity contribution in [1.29, 1.82) is 0 Å². The molecule has 0 radical (unpaired) electrons. The van der Waals surface area contributed by atoms with Crippen molar-refractivity contribution in [3.63, 3.8) is 0 Å². The molecule has 2 aliphatic heterocycles. The normalized spacial score (nSPS) is 17.3. The first kappa shape index (κ1) is 42.6. The highest BCUT2D eigenvalue weighted by Crippen LogP contribution is 2.20. The third-order valence-corrected chi connectivity index (χ3v) is 10.3. The number of rotatable bonds is 12. The molecular weight excluding hydrogens is 679 g/mol. The number of nitrogens with zero attached hydrogens (tertiary/aromatic N) is 3. The van der Waals surface area contributed by atoms with Gasteiger partial charge in [0.1, 0.15) is 28.3 Å². The topological polar surface area (TPSA) is 147 Å². The average molecular weight is 732 g/mol. The molecule has 14 heteroatoms.